The van der Waals surface area contributed by atoms with E-state index in [2.05, 4.69) is 25.7 Å². The normalized spacial score (nSPS) is 11.0. The highest BCUT2D eigenvalue weighted by molar-refractivity contribution is 5.69. The minimum atomic E-state index is -0.0353. The maximum absolute atomic E-state index is 11.3. The van der Waals surface area contributed by atoms with E-state index >= 15 is 0 Å². The Labute approximate surface area is 144 Å². The highest BCUT2D eigenvalue weighted by Gasteiger charge is 2.00. The molecule has 2 nitrogen and oxygen atoms in total. The quantitative estimate of drug-likeness (QED) is 0.168. The fraction of sp³-hybridized carbons (Fsp3) is 0.762. The fourth-order valence-electron chi connectivity index (χ4n) is 2.44. The summed E-state index contributed by atoms with van der Waals surface area (Å²) in [5.41, 5.74) is 0. The number of carbonyl (C=O) groups excluding carboxylic acids is 1. The van der Waals surface area contributed by atoms with Gasteiger partial charge < -0.3 is 4.74 Å². The molecule has 0 spiro atoms. The number of carbonyl (C=O) groups is 1. The van der Waals surface area contributed by atoms with E-state index in [4.69, 9.17) is 4.74 Å². The van der Waals surface area contributed by atoms with Crippen LogP contribution in [0.5, 0.6) is 0 Å². The summed E-state index contributed by atoms with van der Waals surface area (Å²) in [5, 5.41) is 0. The van der Waals surface area contributed by atoms with E-state index in [1.54, 1.807) is 0 Å². The van der Waals surface area contributed by atoms with Crippen molar-refractivity contribution >= 4 is 5.97 Å². The van der Waals surface area contributed by atoms with E-state index in [9.17, 15) is 4.79 Å². The van der Waals surface area contributed by atoms with Crippen LogP contribution in [-0.4, -0.2) is 12.6 Å². The summed E-state index contributed by atoms with van der Waals surface area (Å²) in [6.07, 6.45) is 22.8. The van der Waals surface area contributed by atoms with Crippen molar-refractivity contribution in [2.75, 3.05) is 6.61 Å². The van der Waals surface area contributed by atoms with Crippen LogP contribution in [-0.2, 0) is 9.53 Å². The molecule has 0 unspecified atom stereocenters. The molecule has 0 aliphatic heterocycles. The Morgan fingerprint density at radius 3 is 2.00 bits per heavy atom. The lowest BCUT2D eigenvalue weighted by Crippen LogP contribution is -2.05. The molecule has 134 valence electrons. The van der Waals surface area contributed by atoms with Crippen molar-refractivity contribution in [2.24, 2.45) is 0 Å². The van der Waals surface area contributed by atoms with Gasteiger partial charge in [0.2, 0.25) is 0 Å². The van der Waals surface area contributed by atoms with E-state index in [0.717, 1.165) is 32.1 Å². The second-order valence-electron chi connectivity index (χ2n) is 6.28. The zero-order chi connectivity index (χ0) is 17.0. The van der Waals surface area contributed by atoms with Gasteiger partial charge in [0.05, 0.1) is 6.61 Å². The summed E-state index contributed by atoms with van der Waals surface area (Å²) in [7, 11) is 0. The number of hydrogen-bond donors (Lipinski definition) is 0. The smallest absolute Gasteiger partial charge is 0.305 e. The Bertz CT molecular complexity index is 294. The minimum absolute atomic E-state index is 0.0353. The molecule has 0 bridgehead atoms. The van der Waals surface area contributed by atoms with Gasteiger partial charge in [-0.25, -0.2) is 0 Å². The topological polar surface area (TPSA) is 26.3 Å². The maximum atomic E-state index is 11.3. The van der Waals surface area contributed by atoms with Crippen LogP contribution in [0.4, 0.5) is 0 Å². The van der Waals surface area contributed by atoms with E-state index in [1.165, 1.54) is 51.4 Å². The molecule has 0 aliphatic rings. The lowest BCUT2D eigenvalue weighted by molar-refractivity contribution is -0.143. The van der Waals surface area contributed by atoms with Gasteiger partial charge in [-0.05, 0) is 51.4 Å². The first kappa shape index (κ1) is 21.9. The Hall–Kier alpha value is -1.05. The summed E-state index contributed by atoms with van der Waals surface area (Å²) in [5.74, 6) is -0.0353. The first-order chi connectivity index (χ1) is 11.3. The number of unbranched alkanes of at least 4 members (excludes halogenated alkanes) is 10. The monoisotopic (exact) mass is 322 g/mol. The third-order valence-corrected chi connectivity index (χ3v) is 3.96. The molecule has 0 aromatic rings. The molecule has 0 aliphatic carbocycles. The second kappa shape index (κ2) is 19.0. The van der Waals surface area contributed by atoms with E-state index < -0.39 is 0 Å². The van der Waals surface area contributed by atoms with Crippen molar-refractivity contribution in [3.8, 4) is 0 Å². The summed E-state index contributed by atoms with van der Waals surface area (Å²) < 4.78 is 5.18. The lowest BCUT2D eigenvalue weighted by atomic mass is 10.1. The summed E-state index contributed by atoms with van der Waals surface area (Å²) >= 11 is 0. The minimum Gasteiger partial charge on any atom is -0.466 e. The molecule has 0 saturated heterocycles. The Kier molecular flexibility index (Phi) is 18.1. The van der Waals surface area contributed by atoms with Crippen LogP contribution in [0.3, 0.4) is 0 Å². The van der Waals surface area contributed by atoms with Gasteiger partial charge in [0.1, 0.15) is 0 Å². The molecule has 0 fully saturated rings. The lowest BCUT2D eigenvalue weighted by Gasteiger charge is -2.03. The van der Waals surface area contributed by atoms with Crippen LogP contribution >= 0.6 is 0 Å². The number of esters is 1. The van der Waals surface area contributed by atoms with Crippen LogP contribution in [0.1, 0.15) is 96.8 Å². The molecule has 0 heterocycles. The average molecular weight is 323 g/mol. The van der Waals surface area contributed by atoms with Crippen molar-refractivity contribution < 1.29 is 9.53 Å². The highest BCUT2D eigenvalue weighted by Crippen LogP contribution is 2.09. The summed E-state index contributed by atoms with van der Waals surface area (Å²) in [4.78, 5) is 11.3. The molecule has 0 radical (unpaired) electrons. The Morgan fingerprint density at radius 2 is 1.39 bits per heavy atom. The highest BCUT2D eigenvalue weighted by atomic mass is 16.5. The van der Waals surface area contributed by atoms with Gasteiger partial charge in [0, 0.05) is 6.42 Å². The van der Waals surface area contributed by atoms with Crippen molar-refractivity contribution in [3.05, 3.63) is 24.8 Å². The van der Waals surface area contributed by atoms with Crippen molar-refractivity contribution in [1.29, 1.82) is 0 Å². The molecule has 0 saturated carbocycles. The zero-order valence-corrected chi connectivity index (χ0v) is 15.4. The summed E-state index contributed by atoms with van der Waals surface area (Å²) in [6, 6.07) is 0. The Morgan fingerprint density at radius 1 is 0.826 bits per heavy atom. The molecular weight excluding hydrogens is 284 g/mol. The van der Waals surface area contributed by atoms with E-state index in [-0.39, 0.29) is 5.97 Å². The molecule has 23 heavy (non-hydrogen) atoms. The van der Waals surface area contributed by atoms with E-state index in [1.807, 2.05) is 6.08 Å². The van der Waals surface area contributed by atoms with Gasteiger partial charge in [0.25, 0.3) is 0 Å². The van der Waals surface area contributed by atoms with Crippen LogP contribution < -0.4 is 0 Å². The van der Waals surface area contributed by atoms with Crippen LogP contribution in [0.25, 0.3) is 0 Å². The fourth-order valence-corrected chi connectivity index (χ4v) is 2.44. The number of ether oxygens (including phenoxy) is 1. The van der Waals surface area contributed by atoms with Crippen LogP contribution in [0.2, 0.25) is 0 Å². The summed E-state index contributed by atoms with van der Waals surface area (Å²) in [6.45, 7) is 6.42. The third-order valence-electron chi connectivity index (χ3n) is 3.96. The number of hydrogen-bond acceptors (Lipinski definition) is 2. The van der Waals surface area contributed by atoms with Crippen molar-refractivity contribution in [2.45, 2.75) is 96.8 Å². The van der Waals surface area contributed by atoms with Crippen LogP contribution in [0, 0.1) is 0 Å². The SMILES string of the molecule is C=CCCCCCCCC/C=C/CCCCOC(=O)CCCC. The Balaban J connectivity index is 3.17. The van der Waals surface area contributed by atoms with Gasteiger partial charge in [-0.1, -0.05) is 57.3 Å². The number of rotatable bonds is 17. The molecule has 0 N–H and O–H groups in total. The molecule has 0 aromatic heterocycles. The second-order valence-corrected chi connectivity index (χ2v) is 6.28. The molecular formula is C21H38O2. The molecule has 0 atom stereocenters. The van der Waals surface area contributed by atoms with Gasteiger partial charge in [-0.3, -0.25) is 4.79 Å². The van der Waals surface area contributed by atoms with Crippen LogP contribution in [0.15, 0.2) is 24.8 Å². The van der Waals surface area contributed by atoms with E-state index in [0.29, 0.717) is 13.0 Å². The third kappa shape index (κ3) is 18.9. The first-order valence-electron chi connectivity index (χ1n) is 9.72. The largest absolute Gasteiger partial charge is 0.466 e. The average Bonchev–Trinajstić information content (AvgIpc) is 2.56. The zero-order valence-electron chi connectivity index (χ0n) is 15.4. The standard InChI is InChI=1S/C21H38O2/c1-3-5-7-8-9-10-11-12-13-14-15-16-17-18-20-23-21(22)19-6-4-2/h3,14-15H,1,4-13,16-20H2,2H3/b15-14+. The van der Waals surface area contributed by atoms with Crippen molar-refractivity contribution in [1.82, 2.24) is 0 Å². The van der Waals surface area contributed by atoms with Gasteiger partial charge in [-0.2, -0.15) is 0 Å². The molecule has 0 aromatic carbocycles. The predicted octanol–water partition coefficient (Wildman–Crippen LogP) is 6.75. The molecule has 0 rings (SSSR count). The van der Waals surface area contributed by atoms with Gasteiger partial charge >= 0.3 is 5.97 Å². The predicted molar refractivity (Wildman–Crippen MR) is 101 cm³/mol. The van der Waals surface area contributed by atoms with Crippen molar-refractivity contribution in [3.63, 3.8) is 0 Å². The first-order valence-corrected chi connectivity index (χ1v) is 9.72. The number of allylic oxidation sites excluding steroid dienone is 3. The molecule has 2 heteroatoms. The van der Waals surface area contributed by atoms with Gasteiger partial charge in [0.15, 0.2) is 0 Å². The molecule has 0 amide bonds. The van der Waals surface area contributed by atoms with Gasteiger partial charge in [-0.15, -0.1) is 6.58 Å². The maximum Gasteiger partial charge on any atom is 0.305 e.